The lowest BCUT2D eigenvalue weighted by atomic mass is 10.5. The molecule has 1 saturated heterocycles. The van der Waals surface area contributed by atoms with Gasteiger partial charge in [-0.2, -0.15) is 0 Å². The van der Waals surface area contributed by atoms with Gasteiger partial charge in [-0.3, -0.25) is 0 Å². The topological polar surface area (TPSA) is 42.0 Å². The highest BCUT2D eigenvalue weighted by Gasteiger charge is 2.35. The van der Waals surface area contributed by atoms with E-state index in [1.54, 1.807) is 4.82 Å². The lowest BCUT2D eigenvalue weighted by Crippen LogP contribution is -2.43. The number of aliphatic hydroxyl groups excluding tert-OH is 1. The Bertz CT molecular complexity index is 312. The monoisotopic (exact) mass is 316 g/mol. The molecule has 0 bridgehead atoms. The van der Waals surface area contributed by atoms with Crippen LogP contribution in [0.15, 0.2) is 11.4 Å². The van der Waals surface area contributed by atoms with E-state index in [1.165, 1.54) is 6.04 Å². The third-order valence-corrected chi connectivity index (χ3v) is 14.9. The van der Waals surface area contributed by atoms with E-state index in [0.717, 1.165) is 38.7 Å². The van der Waals surface area contributed by atoms with E-state index in [0.29, 0.717) is 12.7 Å². The molecule has 3 nitrogen and oxygen atoms in total. The summed E-state index contributed by atoms with van der Waals surface area (Å²) in [5.41, 5.74) is 0. The van der Waals surface area contributed by atoms with Crippen LogP contribution in [0.2, 0.25) is 38.3 Å². The fourth-order valence-corrected chi connectivity index (χ4v) is 13.5. The zero-order valence-corrected chi connectivity index (χ0v) is 15.7. The molecular weight excluding hydrogens is 284 g/mol. The molecule has 20 heavy (non-hydrogen) atoms. The summed E-state index contributed by atoms with van der Waals surface area (Å²) in [6, 6.07) is 2.42. The van der Waals surface area contributed by atoms with Crippen molar-refractivity contribution in [2.24, 2.45) is 0 Å². The summed E-state index contributed by atoms with van der Waals surface area (Å²) in [4.78, 5) is 1.56. The van der Waals surface area contributed by atoms with Crippen molar-refractivity contribution in [1.82, 2.24) is 0 Å². The number of hydrogen-bond donors (Lipinski definition) is 1. The van der Waals surface area contributed by atoms with Gasteiger partial charge in [0.15, 0.2) is 0 Å². The fraction of sp³-hybridized carbons (Fsp3) is 0.867. The van der Waals surface area contributed by atoms with Crippen LogP contribution in [0, 0.1) is 0 Å². The summed E-state index contributed by atoms with van der Waals surface area (Å²) < 4.78 is 10.8. The zero-order valence-electron chi connectivity index (χ0n) is 13.7. The highest BCUT2D eigenvalue weighted by molar-refractivity contribution is 7.05. The maximum absolute atomic E-state index is 9.04. The highest BCUT2D eigenvalue weighted by Crippen LogP contribution is 2.31. The molecule has 1 rings (SSSR count). The molecule has 0 radical (unpaired) electrons. The Hall–Kier alpha value is 0.0538. The third-order valence-electron chi connectivity index (χ3n) is 4.39. The molecular formula is C15H32O3Si2. The average Bonchev–Trinajstić information content (AvgIpc) is 3.19. The Kier molecular flexibility index (Phi) is 7.14. The van der Waals surface area contributed by atoms with Crippen LogP contribution >= 0.6 is 0 Å². The number of aliphatic hydroxyl groups is 1. The molecule has 1 aliphatic heterocycles. The van der Waals surface area contributed by atoms with Crippen molar-refractivity contribution in [2.45, 2.75) is 57.2 Å². The maximum atomic E-state index is 9.04. The molecule has 0 saturated carbocycles. The van der Waals surface area contributed by atoms with Gasteiger partial charge in [0, 0.05) is 13.2 Å². The molecule has 0 aromatic carbocycles. The molecule has 1 fully saturated rings. The van der Waals surface area contributed by atoms with Crippen LogP contribution in [-0.4, -0.2) is 53.8 Å². The second kappa shape index (κ2) is 7.89. The Morgan fingerprint density at radius 1 is 1.20 bits per heavy atom. The Balaban J connectivity index is 2.30. The minimum absolute atomic E-state index is 0.308. The van der Waals surface area contributed by atoms with E-state index in [4.69, 9.17) is 14.6 Å². The summed E-state index contributed by atoms with van der Waals surface area (Å²) in [5.74, 6) is 0. The van der Waals surface area contributed by atoms with Gasteiger partial charge in [-0.1, -0.05) is 43.1 Å². The molecule has 0 aliphatic carbocycles. The van der Waals surface area contributed by atoms with Crippen LogP contribution in [0.4, 0.5) is 0 Å². The maximum Gasteiger partial charge on any atom is 0.104 e. The first kappa shape index (κ1) is 18.1. The Labute approximate surface area is 126 Å². The van der Waals surface area contributed by atoms with Crippen LogP contribution in [0.25, 0.3) is 0 Å². The number of epoxide rings is 1. The van der Waals surface area contributed by atoms with Gasteiger partial charge in [0.05, 0.1) is 29.4 Å². The van der Waals surface area contributed by atoms with Gasteiger partial charge in [0.1, 0.15) is 6.10 Å². The molecule has 1 N–H and O–H groups in total. The summed E-state index contributed by atoms with van der Waals surface area (Å²) in [7, 11) is -2.77. The SMILES string of the molecule is C=C([Si](C)(C)CCCO)[Si](C)(C)CCCOCC1CO1. The minimum atomic E-state index is -1.39. The van der Waals surface area contributed by atoms with E-state index >= 15 is 0 Å². The van der Waals surface area contributed by atoms with Crippen LogP contribution in [0.3, 0.4) is 0 Å². The van der Waals surface area contributed by atoms with Crippen LogP contribution in [-0.2, 0) is 9.47 Å². The molecule has 0 aromatic rings. The smallest absolute Gasteiger partial charge is 0.104 e. The Morgan fingerprint density at radius 3 is 2.25 bits per heavy atom. The van der Waals surface area contributed by atoms with Gasteiger partial charge >= 0.3 is 0 Å². The van der Waals surface area contributed by atoms with Crippen molar-refractivity contribution >= 4 is 16.1 Å². The molecule has 118 valence electrons. The van der Waals surface area contributed by atoms with E-state index in [9.17, 15) is 0 Å². The largest absolute Gasteiger partial charge is 0.396 e. The van der Waals surface area contributed by atoms with Crippen LogP contribution < -0.4 is 0 Å². The van der Waals surface area contributed by atoms with Crippen molar-refractivity contribution in [1.29, 1.82) is 0 Å². The lowest BCUT2D eigenvalue weighted by molar-refractivity contribution is 0.117. The summed E-state index contributed by atoms with van der Waals surface area (Å²) in [6.07, 6.45) is 2.43. The molecule has 0 spiro atoms. The standard InChI is InChI=1S/C15H32O3Si2/c1-14(19(2,3)10-6-8-16)20(4,5)11-7-9-17-12-15-13-18-15/h15-16H,1,6-13H2,2-5H3. The van der Waals surface area contributed by atoms with Crippen molar-refractivity contribution < 1.29 is 14.6 Å². The molecule has 1 aliphatic rings. The van der Waals surface area contributed by atoms with Crippen molar-refractivity contribution in [3.05, 3.63) is 11.4 Å². The summed E-state index contributed by atoms with van der Waals surface area (Å²) in [5, 5.41) is 9.04. The lowest BCUT2D eigenvalue weighted by Gasteiger charge is -2.36. The molecule has 0 aromatic heterocycles. The van der Waals surface area contributed by atoms with Gasteiger partial charge in [0.25, 0.3) is 0 Å². The van der Waals surface area contributed by atoms with Gasteiger partial charge < -0.3 is 14.6 Å². The molecule has 0 amide bonds. The first-order valence-electron chi connectivity index (χ1n) is 7.80. The minimum Gasteiger partial charge on any atom is -0.396 e. The van der Waals surface area contributed by atoms with E-state index < -0.39 is 16.1 Å². The molecule has 1 atom stereocenters. The zero-order chi connectivity index (χ0) is 15.2. The van der Waals surface area contributed by atoms with Gasteiger partial charge in [-0.25, -0.2) is 0 Å². The number of rotatable bonds is 11. The predicted octanol–water partition coefficient (Wildman–Crippen LogP) is 3.23. The Morgan fingerprint density at radius 2 is 1.75 bits per heavy atom. The van der Waals surface area contributed by atoms with Crippen molar-refractivity contribution in [3.8, 4) is 0 Å². The predicted molar refractivity (Wildman–Crippen MR) is 90.6 cm³/mol. The van der Waals surface area contributed by atoms with Crippen LogP contribution in [0.5, 0.6) is 0 Å². The molecule has 1 heterocycles. The van der Waals surface area contributed by atoms with E-state index in [1.807, 2.05) is 0 Å². The van der Waals surface area contributed by atoms with Crippen molar-refractivity contribution in [3.63, 3.8) is 0 Å². The van der Waals surface area contributed by atoms with Gasteiger partial charge in [0.2, 0.25) is 0 Å². The first-order valence-corrected chi connectivity index (χ1v) is 14.2. The van der Waals surface area contributed by atoms with Crippen molar-refractivity contribution in [2.75, 3.05) is 26.4 Å². The fourth-order valence-electron chi connectivity index (χ4n) is 2.73. The second-order valence-electron chi connectivity index (χ2n) is 7.21. The van der Waals surface area contributed by atoms with E-state index in [-0.39, 0.29) is 0 Å². The normalized spacial score (nSPS) is 19.1. The highest BCUT2D eigenvalue weighted by atomic mass is 28.4. The van der Waals surface area contributed by atoms with Gasteiger partial charge in [-0.05, 0) is 12.8 Å². The van der Waals surface area contributed by atoms with Gasteiger partial charge in [-0.15, -0.1) is 6.58 Å². The number of hydrogen-bond acceptors (Lipinski definition) is 3. The molecule has 5 heteroatoms. The second-order valence-corrected chi connectivity index (χ2v) is 17.4. The summed E-state index contributed by atoms with van der Waals surface area (Å²) >= 11 is 0. The van der Waals surface area contributed by atoms with Crippen LogP contribution in [0.1, 0.15) is 12.8 Å². The molecule has 1 unspecified atom stereocenters. The van der Waals surface area contributed by atoms with E-state index in [2.05, 4.69) is 32.8 Å². The third kappa shape index (κ3) is 6.22. The number of ether oxygens (including phenoxy) is 2. The average molecular weight is 317 g/mol. The first-order chi connectivity index (χ1) is 9.29. The quantitative estimate of drug-likeness (QED) is 0.361. The summed E-state index contributed by atoms with van der Waals surface area (Å²) in [6.45, 7) is 16.9.